The highest BCUT2D eigenvalue weighted by Crippen LogP contribution is 2.19. The average Bonchev–Trinajstić information content (AvgIpc) is 2.15. The lowest BCUT2D eigenvalue weighted by atomic mass is 10.1. The summed E-state index contributed by atoms with van der Waals surface area (Å²) in [5, 5.41) is 0. The van der Waals surface area contributed by atoms with E-state index in [0.29, 0.717) is 6.54 Å². The first kappa shape index (κ1) is 9.86. The van der Waals surface area contributed by atoms with Gasteiger partial charge in [-0.25, -0.2) is 8.78 Å². The minimum Gasteiger partial charge on any atom is -0.327 e. The Morgan fingerprint density at radius 2 is 2.15 bits per heavy atom. The SMILES string of the molecule is NCC=Cc1cccc(C(F)F)c1. The van der Waals surface area contributed by atoms with Crippen LogP contribution in [-0.2, 0) is 0 Å². The van der Waals surface area contributed by atoms with Gasteiger partial charge in [0.1, 0.15) is 0 Å². The van der Waals surface area contributed by atoms with Gasteiger partial charge in [-0.3, -0.25) is 0 Å². The highest BCUT2D eigenvalue weighted by atomic mass is 19.3. The number of hydrogen-bond acceptors (Lipinski definition) is 1. The van der Waals surface area contributed by atoms with Gasteiger partial charge in [0.25, 0.3) is 6.43 Å². The summed E-state index contributed by atoms with van der Waals surface area (Å²) < 4.78 is 24.4. The second kappa shape index (κ2) is 4.72. The van der Waals surface area contributed by atoms with E-state index in [1.165, 1.54) is 12.1 Å². The molecule has 1 aromatic rings. The molecule has 0 amide bonds. The number of rotatable bonds is 3. The monoisotopic (exact) mass is 183 g/mol. The van der Waals surface area contributed by atoms with Crippen molar-refractivity contribution in [2.75, 3.05) is 6.54 Å². The molecular formula is C10H11F2N. The third-order valence-electron chi connectivity index (χ3n) is 1.61. The molecule has 2 N–H and O–H groups in total. The van der Waals surface area contributed by atoms with Gasteiger partial charge in [-0.05, 0) is 11.6 Å². The van der Waals surface area contributed by atoms with Crippen molar-refractivity contribution in [1.29, 1.82) is 0 Å². The maximum Gasteiger partial charge on any atom is 0.263 e. The summed E-state index contributed by atoms with van der Waals surface area (Å²) in [6.07, 6.45) is 1.04. The molecular weight excluding hydrogens is 172 g/mol. The van der Waals surface area contributed by atoms with E-state index in [1.54, 1.807) is 24.3 Å². The minimum atomic E-state index is -2.41. The Morgan fingerprint density at radius 1 is 1.38 bits per heavy atom. The fraction of sp³-hybridized carbons (Fsp3) is 0.200. The summed E-state index contributed by atoms with van der Waals surface area (Å²) in [6.45, 7) is 0.416. The van der Waals surface area contributed by atoms with Crippen molar-refractivity contribution < 1.29 is 8.78 Å². The van der Waals surface area contributed by atoms with Gasteiger partial charge in [0.05, 0.1) is 0 Å². The number of hydrogen-bond donors (Lipinski definition) is 1. The Morgan fingerprint density at radius 3 is 2.77 bits per heavy atom. The molecule has 0 bridgehead atoms. The zero-order valence-electron chi connectivity index (χ0n) is 7.08. The van der Waals surface area contributed by atoms with Crippen LogP contribution >= 0.6 is 0 Å². The largest absolute Gasteiger partial charge is 0.327 e. The molecule has 1 aromatic carbocycles. The van der Waals surface area contributed by atoms with Crippen LogP contribution in [0.3, 0.4) is 0 Å². The first-order valence-electron chi connectivity index (χ1n) is 3.98. The molecule has 1 nitrogen and oxygen atoms in total. The van der Waals surface area contributed by atoms with E-state index in [-0.39, 0.29) is 5.56 Å². The molecule has 0 saturated heterocycles. The fourth-order valence-corrected chi connectivity index (χ4v) is 1.00. The maximum absolute atomic E-state index is 12.2. The Bertz CT molecular complexity index is 295. The summed E-state index contributed by atoms with van der Waals surface area (Å²) in [4.78, 5) is 0. The molecule has 0 aromatic heterocycles. The van der Waals surface area contributed by atoms with Gasteiger partial charge < -0.3 is 5.73 Å². The lowest BCUT2D eigenvalue weighted by Crippen LogP contribution is -1.92. The van der Waals surface area contributed by atoms with Crippen molar-refractivity contribution >= 4 is 6.08 Å². The number of nitrogens with two attached hydrogens (primary N) is 1. The van der Waals surface area contributed by atoms with E-state index in [2.05, 4.69) is 0 Å². The van der Waals surface area contributed by atoms with Crippen molar-refractivity contribution in [3.63, 3.8) is 0 Å². The summed E-state index contributed by atoms with van der Waals surface area (Å²) in [5.41, 5.74) is 6.03. The molecule has 1 rings (SSSR count). The van der Waals surface area contributed by atoms with E-state index in [9.17, 15) is 8.78 Å². The third kappa shape index (κ3) is 2.95. The molecule has 0 aliphatic carbocycles. The van der Waals surface area contributed by atoms with Crippen molar-refractivity contribution in [2.45, 2.75) is 6.43 Å². The van der Waals surface area contributed by atoms with Crippen LogP contribution in [0.25, 0.3) is 6.08 Å². The molecule has 70 valence electrons. The number of alkyl halides is 2. The van der Waals surface area contributed by atoms with Crippen LogP contribution in [-0.4, -0.2) is 6.54 Å². The molecule has 13 heavy (non-hydrogen) atoms. The number of benzene rings is 1. The average molecular weight is 183 g/mol. The first-order valence-corrected chi connectivity index (χ1v) is 3.98. The van der Waals surface area contributed by atoms with Crippen LogP contribution < -0.4 is 5.73 Å². The van der Waals surface area contributed by atoms with Gasteiger partial charge in [-0.15, -0.1) is 0 Å². The van der Waals surface area contributed by atoms with Gasteiger partial charge in [-0.2, -0.15) is 0 Å². The Hall–Kier alpha value is -1.22. The topological polar surface area (TPSA) is 26.0 Å². The van der Waals surface area contributed by atoms with Gasteiger partial charge in [-0.1, -0.05) is 30.4 Å². The minimum absolute atomic E-state index is 0.0409. The van der Waals surface area contributed by atoms with Crippen LogP contribution in [0.1, 0.15) is 17.6 Å². The smallest absolute Gasteiger partial charge is 0.263 e. The van der Waals surface area contributed by atoms with Crippen molar-refractivity contribution in [3.8, 4) is 0 Å². The summed E-state index contributed by atoms with van der Waals surface area (Å²) >= 11 is 0. The second-order valence-corrected chi connectivity index (χ2v) is 2.61. The molecule has 3 heteroatoms. The zero-order valence-corrected chi connectivity index (χ0v) is 7.08. The van der Waals surface area contributed by atoms with E-state index in [4.69, 9.17) is 5.73 Å². The summed E-state index contributed by atoms with van der Waals surface area (Å²) in [7, 11) is 0. The first-order chi connectivity index (χ1) is 6.24. The normalized spacial score (nSPS) is 11.4. The second-order valence-electron chi connectivity index (χ2n) is 2.61. The summed E-state index contributed by atoms with van der Waals surface area (Å²) in [6, 6.07) is 6.23. The molecule has 0 saturated carbocycles. The highest BCUT2D eigenvalue weighted by molar-refractivity contribution is 5.50. The predicted octanol–water partition coefficient (Wildman–Crippen LogP) is 2.60. The third-order valence-corrected chi connectivity index (χ3v) is 1.61. The molecule has 0 atom stereocenters. The quantitative estimate of drug-likeness (QED) is 0.765. The van der Waals surface area contributed by atoms with Gasteiger partial charge in [0, 0.05) is 12.1 Å². The van der Waals surface area contributed by atoms with Crippen LogP contribution in [0, 0.1) is 0 Å². The van der Waals surface area contributed by atoms with Gasteiger partial charge >= 0.3 is 0 Å². The standard InChI is InChI=1S/C10H11F2N/c11-10(12)9-5-1-3-8(7-9)4-2-6-13/h1-5,7,10H,6,13H2. The Labute approximate surface area is 75.9 Å². The van der Waals surface area contributed by atoms with E-state index in [1.807, 2.05) is 0 Å². The summed E-state index contributed by atoms with van der Waals surface area (Å²) in [5.74, 6) is 0. The molecule has 0 fully saturated rings. The van der Waals surface area contributed by atoms with Crippen LogP contribution in [0.4, 0.5) is 8.78 Å². The van der Waals surface area contributed by atoms with E-state index < -0.39 is 6.43 Å². The van der Waals surface area contributed by atoms with E-state index in [0.717, 1.165) is 5.56 Å². The maximum atomic E-state index is 12.2. The van der Waals surface area contributed by atoms with Crippen LogP contribution in [0.15, 0.2) is 30.3 Å². The fourth-order valence-electron chi connectivity index (χ4n) is 1.00. The molecule has 0 radical (unpaired) electrons. The van der Waals surface area contributed by atoms with Gasteiger partial charge in [0.2, 0.25) is 0 Å². The molecule has 0 spiro atoms. The molecule has 0 aliphatic heterocycles. The van der Waals surface area contributed by atoms with Crippen LogP contribution in [0.5, 0.6) is 0 Å². The van der Waals surface area contributed by atoms with Crippen molar-refractivity contribution in [3.05, 3.63) is 41.5 Å². The highest BCUT2D eigenvalue weighted by Gasteiger charge is 2.05. The Kier molecular flexibility index (Phi) is 3.58. The zero-order chi connectivity index (χ0) is 9.68. The lowest BCUT2D eigenvalue weighted by Gasteiger charge is -1.99. The Balaban J connectivity index is 2.85. The van der Waals surface area contributed by atoms with Crippen LogP contribution in [0.2, 0.25) is 0 Å². The van der Waals surface area contributed by atoms with Crippen molar-refractivity contribution in [2.24, 2.45) is 5.73 Å². The van der Waals surface area contributed by atoms with Crippen molar-refractivity contribution in [1.82, 2.24) is 0 Å². The molecule has 0 unspecified atom stereocenters. The van der Waals surface area contributed by atoms with E-state index >= 15 is 0 Å². The molecule has 0 heterocycles. The predicted molar refractivity (Wildman–Crippen MR) is 49.5 cm³/mol. The number of halogens is 2. The van der Waals surface area contributed by atoms with Gasteiger partial charge in [0.15, 0.2) is 0 Å². The molecule has 0 aliphatic rings. The lowest BCUT2D eigenvalue weighted by molar-refractivity contribution is 0.151.